The molecule has 3 rings (SSSR count). The molecule has 0 saturated carbocycles. The van der Waals surface area contributed by atoms with Crippen LogP contribution in [0, 0.1) is 6.92 Å². The summed E-state index contributed by atoms with van der Waals surface area (Å²) in [6.45, 7) is 1.84. The van der Waals surface area contributed by atoms with Crippen molar-refractivity contribution in [3.63, 3.8) is 0 Å². The second-order valence-electron chi connectivity index (χ2n) is 5.81. The summed E-state index contributed by atoms with van der Waals surface area (Å²) in [5.74, 6) is -1.53. The third kappa shape index (κ3) is 3.01. The summed E-state index contributed by atoms with van der Waals surface area (Å²) in [5, 5.41) is 20.0. The van der Waals surface area contributed by atoms with Crippen LogP contribution in [0.5, 0.6) is 5.75 Å². The molecule has 0 radical (unpaired) electrons. The second kappa shape index (κ2) is 6.59. The molecule has 0 heterocycles. The van der Waals surface area contributed by atoms with E-state index in [0.29, 0.717) is 5.56 Å². The lowest BCUT2D eigenvalue weighted by atomic mass is 9.83. The normalized spacial score (nSPS) is 10.8. The maximum atomic E-state index is 11.5. The highest BCUT2D eigenvalue weighted by molar-refractivity contribution is 5.91. The van der Waals surface area contributed by atoms with E-state index in [-0.39, 0.29) is 17.2 Å². The van der Waals surface area contributed by atoms with Crippen LogP contribution in [0.3, 0.4) is 0 Å². The average molecular weight is 318 g/mol. The van der Waals surface area contributed by atoms with Crippen molar-refractivity contribution in [2.24, 2.45) is 0 Å². The highest BCUT2D eigenvalue weighted by Crippen LogP contribution is 2.39. The summed E-state index contributed by atoms with van der Waals surface area (Å²) in [4.78, 5) is 11.5. The second-order valence-corrected chi connectivity index (χ2v) is 5.81. The van der Waals surface area contributed by atoms with Gasteiger partial charge in [-0.2, -0.15) is 0 Å². The van der Waals surface area contributed by atoms with Gasteiger partial charge in [0.15, 0.2) is 0 Å². The van der Waals surface area contributed by atoms with E-state index in [4.69, 9.17) is 0 Å². The van der Waals surface area contributed by atoms with Crippen LogP contribution in [-0.4, -0.2) is 16.2 Å². The fraction of sp³-hybridized carbons (Fsp3) is 0.0952. The van der Waals surface area contributed by atoms with E-state index in [2.05, 4.69) is 0 Å². The minimum atomic E-state index is -1.13. The SMILES string of the molecule is Cc1cc(C(=O)O)c(O)c(C(c2ccccc2)c2ccccc2)c1. The zero-order valence-corrected chi connectivity index (χ0v) is 13.3. The quantitative estimate of drug-likeness (QED) is 0.692. The number of carbonyl (C=O) groups is 1. The minimum Gasteiger partial charge on any atom is -0.507 e. The maximum absolute atomic E-state index is 11.5. The van der Waals surface area contributed by atoms with Gasteiger partial charge < -0.3 is 10.2 Å². The molecule has 24 heavy (non-hydrogen) atoms. The molecule has 2 N–H and O–H groups in total. The van der Waals surface area contributed by atoms with Crippen molar-refractivity contribution in [2.45, 2.75) is 12.8 Å². The van der Waals surface area contributed by atoms with Crippen LogP contribution in [0.15, 0.2) is 72.8 Å². The van der Waals surface area contributed by atoms with Crippen molar-refractivity contribution >= 4 is 5.97 Å². The first-order valence-corrected chi connectivity index (χ1v) is 7.74. The number of carboxylic acid groups (broad SMARTS) is 1. The summed E-state index contributed by atoms with van der Waals surface area (Å²) in [5.41, 5.74) is 3.34. The summed E-state index contributed by atoms with van der Waals surface area (Å²) < 4.78 is 0. The molecular weight excluding hydrogens is 300 g/mol. The fourth-order valence-electron chi connectivity index (χ4n) is 3.03. The number of rotatable bonds is 4. The van der Waals surface area contributed by atoms with Gasteiger partial charge in [0.2, 0.25) is 0 Å². The molecule has 0 aliphatic carbocycles. The van der Waals surface area contributed by atoms with E-state index in [1.165, 1.54) is 6.07 Å². The van der Waals surface area contributed by atoms with Crippen LogP contribution in [0.4, 0.5) is 0 Å². The molecule has 3 heteroatoms. The third-order valence-corrected chi connectivity index (χ3v) is 4.09. The lowest BCUT2D eigenvalue weighted by Crippen LogP contribution is -2.07. The summed E-state index contributed by atoms with van der Waals surface area (Å²) in [6, 6.07) is 22.9. The lowest BCUT2D eigenvalue weighted by Gasteiger charge is -2.21. The van der Waals surface area contributed by atoms with Gasteiger partial charge in [0.25, 0.3) is 0 Å². The van der Waals surface area contributed by atoms with Crippen molar-refractivity contribution in [3.05, 3.63) is 101 Å². The van der Waals surface area contributed by atoms with E-state index in [0.717, 1.165) is 16.7 Å². The smallest absolute Gasteiger partial charge is 0.339 e. The molecule has 120 valence electrons. The van der Waals surface area contributed by atoms with Crippen molar-refractivity contribution in [3.8, 4) is 5.75 Å². The number of hydrogen-bond acceptors (Lipinski definition) is 2. The van der Waals surface area contributed by atoms with E-state index < -0.39 is 5.97 Å². The predicted octanol–water partition coefficient (Wildman–Crippen LogP) is 4.58. The highest BCUT2D eigenvalue weighted by Gasteiger charge is 2.23. The third-order valence-electron chi connectivity index (χ3n) is 4.09. The number of aromatic carboxylic acids is 1. The molecule has 0 aromatic heterocycles. The summed E-state index contributed by atoms with van der Waals surface area (Å²) >= 11 is 0. The zero-order chi connectivity index (χ0) is 17.1. The van der Waals surface area contributed by atoms with Gasteiger partial charge in [-0.15, -0.1) is 0 Å². The molecule has 0 saturated heterocycles. The Balaban J connectivity index is 2.26. The Morgan fingerprint density at radius 3 is 1.83 bits per heavy atom. The summed E-state index contributed by atoms with van der Waals surface area (Å²) in [7, 11) is 0. The summed E-state index contributed by atoms with van der Waals surface area (Å²) in [6.07, 6.45) is 0. The van der Waals surface area contributed by atoms with Gasteiger partial charge in [-0.25, -0.2) is 4.79 Å². The van der Waals surface area contributed by atoms with Crippen LogP contribution in [0.25, 0.3) is 0 Å². The topological polar surface area (TPSA) is 57.5 Å². The molecule has 0 amide bonds. The molecule has 0 spiro atoms. The molecule has 0 bridgehead atoms. The van der Waals surface area contributed by atoms with E-state index >= 15 is 0 Å². The Kier molecular flexibility index (Phi) is 4.34. The van der Waals surface area contributed by atoms with Gasteiger partial charge in [-0.3, -0.25) is 0 Å². The van der Waals surface area contributed by atoms with Crippen LogP contribution in [0.2, 0.25) is 0 Å². The number of aromatic hydroxyl groups is 1. The van der Waals surface area contributed by atoms with Crippen molar-refractivity contribution in [1.82, 2.24) is 0 Å². The van der Waals surface area contributed by atoms with Gasteiger partial charge in [0.1, 0.15) is 11.3 Å². The number of phenols is 1. The monoisotopic (exact) mass is 318 g/mol. The van der Waals surface area contributed by atoms with Gasteiger partial charge in [0.05, 0.1) is 0 Å². The largest absolute Gasteiger partial charge is 0.507 e. The Bertz CT molecular complexity index is 816. The highest BCUT2D eigenvalue weighted by atomic mass is 16.4. The predicted molar refractivity (Wildman–Crippen MR) is 93.6 cm³/mol. The van der Waals surface area contributed by atoms with Gasteiger partial charge in [0, 0.05) is 11.5 Å². The number of aryl methyl sites for hydroxylation is 1. The number of hydrogen-bond donors (Lipinski definition) is 2. The average Bonchev–Trinajstić information content (AvgIpc) is 2.59. The molecular formula is C21H18O3. The van der Waals surface area contributed by atoms with Crippen LogP contribution >= 0.6 is 0 Å². The first-order chi connectivity index (χ1) is 11.6. The molecule has 0 unspecified atom stereocenters. The van der Waals surface area contributed by atoms with Crippen LogP contribution in [-0.2, 0) is 0 Å². The molecule has 0 aliphatic rings. The van der Waals surface area contributed by atoms with Gasteiger partial charge >= 0.3 is 5.97 Å². The fourth-order valence-corrected chi connectivity index (χ4v) is 3.03. The Morgan fingerprint density at radius 2 is 1.38 bits per heavy atom. The van der Waals surface area contributed by atoms with Crippen molar-refractivity contribution in [2.75, 3.05) is 0 Å². The molecule has 3 aromatic rings. The zero-order valence-electron chi connectivity index (χ0n) is 13.3. The number of benzene rings is 3. The molecule has 0 atom stereocenters. The Morgan fingerprint density at radius 1 is 0.875 bits per heavy atom. The van der Waals surface area contributed by atoms with Crippen LogP contribution < -0.4 is 0 Å². The maximum Gasteiger partial charge on any atom is 0.339 e. The van der Waals surface area contributed by atoms with E-state index in [1.54, 1.807) is 0 Å². The minimum absolute atomic E-state index is 0.0677. The lowest BCUT2D eigenvalue weighted by molar-refractivity contribution is 0.0693. The Hall–Kier alpha value is -3.07. The van der Waals surface area contributed by atoms with Crippen LogP contribution in [0.1, 0.15) is 38.5 Å². The molecule has 0 fully saturated rings. The van der Waals surface area contributed by atoms with Crippen molar-refractivity contribution < 1.29 is 15.0 Å². The molecule has 0 aliphatic heterocycles. The van der Waals surface area contributed by atoms with E-state index in [1.807, 2.05) is 73.7 Å². The van der Waals surface area contributed by atoms with Gasteiger partial charge in [-0.1, -0.05) is 66.7 Å². The first-order valence-electron chi connectivity index (χ1n) is 7.74. The number of carboxylic acids is 1. The van der Waals surface area contributed by atoms with E-state index in [9.17, 15) is 15.0 Å². The van der Waals surface area contributed by atoms with Gasteiger partial charge in [-0.05, 0) is 29.7 Å². The molecule has 3 aromatic carbocycles. The molecule has 3 nitrogen and oxygen atoms in total. The Labute approximate surface area is 140 Å². The standard InChI is InChI=1S/C21H18O3/c1-14-12-17(20(22)18(13-14)21(23)24)19(15-8-4-2-5-9-15)16-10-6-3-7-11-16/h2-13,19,22H,1H3,(H,23,24). The van der Waals surface area contributed by atoms with Crippen molar-refractivity contribution in [1.29, 1.82) is 0 Å². The first kappa shape index (κ1) is 15.8.